The molecular weight excluding hydrogens is 512 g/mol. The average molecular weight is 567 g/mol. The Morgan fingerprint density at radius 3 is 2.38 bits per heavy atom. The smallest absolute Gasteiger partial charge is 0.311 e. The minimum Gasteiger partial charge on any atom is -0.462 e. The number of hydrogen-bond acceptors (Lipinski definition) is 7. The van der Waals surface area contributed by atoms with Crippen LogP contribution < -0.4 is 0 Å². The first kappa shape index (κ1) is 32.3. The molecule has 0 amide bonds. The minimum absolute atomic E-state index is 0.00355. The van der Waals surface area contributed by atoms with E-state index in [4.69, 9.17) is 13.9 Å². The first-order valence-electron chi connectivity index (χ1n) is 15.1. The van der Waals surface area contributed by atoms with E-state index in [2.05, 4.69) is 40.8 Å². The second kappa shape index (κ2) is 12.3. The molecule has 1 saturated heterocycles. The Morgan fingerprint density at radius 2 is 1.79 bits per heavy atom. The summed E-state index contributed by atoms with van der Waals surface area (Å²) < 4.78 is 18.6. The van der Waals surface area contributed by atoms with E-state index in [0.717, 1.165) is 12.0 Å². The van der Waals surface area contributed by atoms with Crippen molar-refractivity contribution in [3.05, 3.63) is 11.6 Å². The molecule has 0 spiro atoms. The molecule has 0 aromatic rings. The summed E-state index contributed by atoms with van der Waals surface area (Å²) in [6.07, 6.45) is 5.05. The third-order valence-corrected chi connectivity index (χ3v) is 14.8. The Labute approximate surface area is 237 Å². The fraction of sp³-hybridized carbons (Fsp3) is 0.871. The number of aliphatic hydroxyl groups is 2. The van der Waals surface area contributed by atoms with Gasteiger partial charge in [0.25, 0.3) is 0 Å². The van der Waals surface area contributed by atoms with Crippen LogP contribution in [0.5, 0.6) is 0 Å². The van der Waals surface area contributed by atoms with Gasteiger partial charge in [-0.1, -0.05) is 46.3 Å². The normalized spacial score (nSPS) is 34.1. The number of rotatable bonds is 9. The SMILES string of the molecule is CCC(C)(C)C(=O)O[C@H]1C[C@H](CO)CC2=C[C@@H](O)[C@H](C)[C@H](CC[C@@H]3C[C@@H](O[Si](C)(C)C(C)(C)C)CC(=O)O3)[C@@H]21. The molecule has 1 saturated carbocycles. The van der Waals surface area contributed by atoms with Gasteiger partial charge in [-0.25, -0.2) is 0 Å². The van der Waals surface area contributed by atoms with E-state index in [0.29, 0.717) is 38.5 Å². The number of carbonyl (C=O) groups is 2. The lowest BCUT2D eigenvalue weighted by molar-refractivity contribution is -0.168. The number of cyclic esters (lactones) is 1. The van der Waals surface area contributed by atoms with E-state index >= 15 is 0 Å². The standard InChI is InChI=1S/C31H54O7Si/c1-10-31(6,7)29(35)37-26-14-20(18-32)13-21-15-25(33)19(2)24(28(21)26)12-11-22-16-23(17-27(34)36-22)38-39(8,9)30(3,4)5/h15,19-20,22-26,28,32-33H,10-14,16-18H2,1-9H3/t19-,20-,22-,23-,24+,25-,26+,28-/m1/s1. The summed E-state index contributed by atoms with van der Waals surface area (Å²) in [5.41, 5.74) is 0.503. The van der Waals surface area contributed by atoms with Gasteiger partial charge in [-0.05, 0) is 81.8 Å². The Balaban J connectivity index is 1.77. The summed E-state index contributed by atoms with van der Waals surface area (Å²) in [5, 5.41) is 21.0. The van der Waals surface area contributed by atoms with Crippen LogP contribution in [0.1, 0.15) is 93.4 Å². The van der Waals surface area contributed by atoms with Crippen molar-refractivity contribution in [2.45, 2.75) is 136 Å². The van der Waals surface area contributed by atoms with Crippen LogP contribution in [0.4, 0.5) is 0 Å². The predicted octanol–water partition coefficient (Wildman–Crippen LogP) is 5.78. The number of esters is 2. The van der Waals surface area contributed by atoms with Gasteiger partial charge in [0.05, 0.1) is 24.0 Å². The number of fused-ring (bicyclic) bond motifs is 1. The molecule has 0 radical (unpaired) electrons. The largest absolute Gasteiger partial charge is 0.462 e. The van der Waals surface area contributed by atoms with E-state index in [1.54, 1.807) is 0 Å². The molecule has 0 aromatic heterocycles. The molecule has 3 rings (SSSR count). The zero-order valence-electron chi connectivity index (χ0n) is 25.8. The van der Waals surface area contributed by atoms with Crippen LogP contribution in [0.15, 0.2) is 11.6 Å². The molecule has 39 heavy (non-hydrogen) atoms. The van der Waals surface area contributed by atoms with E-state index in [-0.39, 0.29) is 65.6 Å². The van der Waals surface area contributed by atoms with Crippen molar-refractivity contribution in [2.24, 2.45) is 29.1 Å². The second-order valence-electron chi connectivity index (χ2n) is 14.6. The summed E-state index contributed by atoms with van der Waals surface area (Å²) in [5.74, 6) is -0.377. The van der Waals surface area contributed by atoms with Gasteiger partial charge in [0, 0.05) is 18.9 Å². The van der Waals surface area contributed by atoms with Gasteiger partial charge in [0.1, 0.15) is 12.2 Å². The maximum atomic E-state index is 13.1. The molecule has 224 valence electrons. The quantitative estimate of drug-likeness (QED) is 0.207. The van der Waals surface area contributed by atoms with Gasteiger partial charge >= 0.3 is 11.9 Å². The average Bonchev–Trinajstić information content (AvgIpc) is 2.82. The Hall–Kier alpha value is -1.22. The van der Waals surface area contributed by atoms with Gasteiger partial charge < -0.3 is 24.1 Å². The molecule has 7 nitrogen and oxygen atoms in total. The van der Waals surface area contributed by atoms with Crippen molar-refractivity contribution in [3.63, 3.8) is 0 Å². The molecule has 1 heterocycles. The first-order valence-corrected chi connectivity index (χ1v) is 18.0. The van der Waals surface area contributed by atoms with Crippen LogP contribution >= 0.6 is 0 Å². The second-order valence-corrected chi connectivity index (χ2v) is 19.3. The van der Waals surface area contributed by atoms with Crippen molar-refractivity contribution in [1.82, 2.24) is 0 Å². The van der Waals surface area contributed by atoms with Crippen molar-refractivity contribution in [2.75, 3.05) is 6.61 Å². The van der Waals surface area contributed by atoms with Crippen molar-refractivity contribution in [1.29, 1.82) is 0 Å². The molecule has 8 atom stereocenters. The Bertz CT molecular complexity index is 905. The summed E-state index contributed by atoms with van der Waals surface area (Å²) in [6.45, 7) is 18.9. The number of hydrogen-bond donors (Lipinski definition) is 2. The van der Waals surface area contributed by atoms with Crippen LogP contribution in [-0.2, 0) is 23.5 Å². The molecular formula is C31H54O7Si. The third kappa shape index (κ3) is 7.55. The van der Waals surface area contributed by atoms with Crippen molar-refractivity contribution >= 4 is 20.3 Å². The maximum absolute atomic E-state index is 13.1. The lowest BCUT2D eigenvalue weighted by Gasteiger charge is -2.48. The third-order valence-electron chi connectivity index (χ3n) is 10.2. The highest BCUT2D eigenvalue weighted by atomic mass is 28.4. The van der Waals surface area contributed by atoms with Gasteiger partial charge in [-0.3, -0.25) is 9.59 Å². The van der Waals surface area contributed by atoms with E-state index in [9.17, 15) is 19.8 Å². The zero-order valence-corrected chi connectivity index (χ0v) is 26.8. The maximum Gasteiger partial charge on any atom is 0.311 e. The van der Waals surface area contributed by atoms with E-state index < -0.39 is 19.8 Å². The first-order chi connectivity index (χ1) is 18.0. The molecule has 2 aliphatic carbocycles. The van der Waals surface area contributed by atoms with Crippen LogP contribution in [0.2, 0.25) is 18.1 Å². The van der Waals surface area contributed by atoms with Gasteiger partial charge in [0.2, 0.25) is 0 Å². The molecule has 2 N–H and O–H groups in total. The zero-order chi connectivity index (χ0) is 29.3. The molecule has 0 unspecified atom stereocenters. The topological polar surface area (TPSA) is 102 Å². The van der Waals surface area contributed by atoms with E-state index in [1.165, 1.54) is 0 Å². The van der Waals surface area contributed by atoms with Crippen LogP contribution in [-0.4, -0.2) is 61.5 Å². The lowest BCUT2D eigenvalue weighted by atomic mass is 9.61. The molecule has 2 fully saturated rings. The van der Waals surface area contributed by atoms with Crippen LogP contribution in [0.25, 0.3) is 0 Å². The molecule has 0 aromatic carbocycles. The minimum atomic E-state index is -2.02. The predicted molar refractivity (Wildman–Crippen MR) is 154 cm³/mol. The van der Waals surface area contributed by atoms with Gasteiger partial charge in [-0.2, -0.15) is 0 Å². The highest BCUT2D eigenvalue weighted by Gasteiger charge is 2.48. The molecule has 1 aliphatic heterocycles. The lowest BCUT2D eigenvalue weighted by Crippen LogP contribution is -2.48. The summed E-state index contributed by atoms with van der Waals surface area (Å²) in [6, 6.07) is 0. The molecule has 8 heteroatoms. The molecule has 0 bridgehead atoms. The fourth-order valence-corrected chi connectivity index (χ4v) is 7.54. The van der Waals surface area contributed by atoms with Crippen LogP contribution in [0, 0.1) is 29.1 Å². The summed E-state index contributed by atoms with van der Waals surface area (Å²) in [4.78, 5) is 25.7. The van der Waals surface area contributed by atoms with Gasteiger partial charge in [0.15, 0.2) is 8.32 Å². The molecule has 3 aliphatic rings. The van der Waals surface area contributed by atoms with Crippen molar-refractivity contribution in [3.8, 4) is 0 Å². The van der Waals surface area contributed by atoms with E-state index in [1.807, 2.05) is 26.8 Å². The Kier molecular flexibility index (Phi) is 10.2. The summed E-state index contributed by atoms with van der Waals surface area (Å²) >= 11 is 0. The van der Waals surface area contributed by atoms with Gasteiger partial charge in [-0.15, -0.1) is 0 Å². The van der Waals surface area contributed by atoms with Crippen LogP contribution in [0.3, 0.4) is 0 Å². The number of ether oxygens (including phenoxy) is 2. The highest BCUT2D eigenvalue weighted by molar-refractivity contribution is 6.74. The summed E-state index contributed by atoms with van der Waals surface area (Å²) in [7, 11) is -2.02. The van der Waals surface area contributed by atoms with Crippen molar-refractivity contribution < 1.29 is 33.7 Å². The Morgan fingerprint density at radius 1 is 1.13 bits per heavy atom. The number of carbonyl (C=O) groups excluding carboxylic acids is 2. The fourth-order valence-electron chi connectivity index (χ4n) is 6.18. The monoisotopic (exact) mass is 566 g/mol. The number of aliphatic hydroxyl groups excluding tert-OH is 2. The highest BCUT2D eigenvalue weighted by Crippen LogP contribution is 2.48.